The van der Waals surface area contributed by atoms with Crippen LogP contribution in [0.25, 0.3) is 0 Å². The van der Waals surface area contributed by atoms with Gasteiger partial charge in [0, 0.05) is 26.1 Å². The molecule has 1 atom stereocenters. The molecule has 2 fully saturated rings. The molecular weight excluding hydrogens is 292 g/mol. The Morgan fingerprint density at radius 1 is 1.22 bits per heavy atom. The third-order valence-corrected chi connectivity index (χ3v) is 4.94. The number of likely N-dealkylation sites (tertiary alicyclic amines) is 1. The smallest absolute Gasteiger partial charge is 0.317 e. The molecule has 5 nitrogen and oxygen atoms in total. The van der Waals surface area contributed by atoms with E-state index in [9.17, 15) is 4.79 Å². The molecule has 2 amide bonds. The molecule has 1 unspecified atom stereocenters. The van der Waals surface area contributed by atoms with Gasteiger partial charge in [0.1, 0.15) is 0 Å². The Kier molecular flexibility index (Phi) is 4.94. The summed E-state index contributed by atoms with van der Waals surface area (Å²) in [7, 11) is 3.36. The van der Waals surface area contributed by atoms with Crippen LogP contribution in [-0.2, 0) is 0 Å². The molecule has 1 aromatic rings. The zero-order chi connectivity index (χ0) is 16.2. The van der Waals surface area contributed by atoms with E-state index in [4.69, 9.17) is 9.47 Å². The van der Waals surface area contributed by atoms with E-state index in [0.29, 0.717) is 12.0 Å². The predicted molar refractivity (Wildman–Crippen MR) is 89.3 cm³/mol. The van der Waals surface area contributed by atoms with E-state index in [0.717, 1.165) is 43.9 Å². The number of carbonyl (C=O) groups is 1. The second-order valence-corrected chi connectivity index (χ2v) is 6.42. The average Bonchev–Trinajstić information content (AvgIpc) is 3.25. The summed E-state index contributed by atoms with van der Waals surface area (Å²) in [6.07, 6.45) is 6.04. The van der Waals surface area contributed by atoms with Crippen LogP contribution in [0.2, 0.25) is 0 Å². The second kappa shape index (κ2) is 7.11. The normalized spacial score (nSPS) is 21.5. The average molecular weight is 318 g/mol. The van der Waals surface area contributed by atoms with Crippen LogP contribution in [-0.4, -0.2) is 44.3 Å². The molecule has 1 heterocycles. The second-order valence-electron chi connectivity index (χ2n) is 6.42. The zero-order valence-corrected chi connectivity index (χ0v) is 14.0. The molecular formula is C18H26N2O3. The first-order valence-corrected chi connectivity index (χ1v) is 8.52. The molecule has 5 heteroatoms. The monoisotopic (exact) mass is 318 g/mol. The Labute approximate surface area is 137 Å². The minimum absolute atomic E-state index is 0.00319. The molecule has 1 aliphatic heterocycles. The standard InChI is InChI=1S/C18H26N2O3/c1-19-18(21)20-10-9-14(12-20)13-7-8-16(22-2)17(11-13)23-15-5-3-4-6-15/h7-8,11,14-15H,3-6,9-10,12H2,1-2H3,(H,19,21). The number of benzene rings is 1. The maximum atomic E-state index is 11.8. The first kappa shape index (κ1) is 16.0. The van der Waals surface area contributed by atoms with Crippen LogP contribution in [0.3, 0.4) is 0 Å². The molecule has 3 rings (SSSR count). The van der Waals surface area contributed by atoms with Crippen molar-refractivity contribution in [1.29, 1.82) is 0 Å². The summed E-state index contributed by atoms with van der Waals surface area (Å²) < 4.78 is 11.6. The molecule has 0 aromatic heterocycles. The van der Waals surface area contributed by atoms with Crippen molar-refractivity contribution in [2.45, 2.75) is 44.1 Å². The van der Waals surface area contributed by atoms with Gasteiger partial charge in [0.2, 0.25) is 0 Å². The Bertz CT molecular complexity index is 555. The molecule has 23 heavy (non-hydrogen) atoms. The predicted octanol–water partition coefficient (Wildman–Crippen LogP) is 3.15. The van der Waals surface area contributed by atoms with Gasteiger partial charge in [-0.15, -0.1) is 0 Å². The van der Waals surface area contributed by atoms with E-state index in [2.05, 4.69) is 17.4 Å². The van der Waals surface area contributed by atoms with E-state index in [1.54, 1.807) is 14.2 Å². The van der Waals surface area contributed by atoms with Crippen LogP contribution in [0, 0.1) is 0 Å². The van der Waals surface area contributed by atoms with Gasteiger partial charge in [-0.3, -0.25) is 0 Å². The van der Waals surface area contributed by atoms with Gasteiger partial charge < -0.3 is 19.7 Å². The van der Waals surface area contributed by atoms with Gasteiger partial charge in [-0.05, 0) is 49.8 Å². The van der Waals surface area contributed by atoms with Crippen molar-refractivity contribution < 1.29 is 14.3 Å². The first-order valence-electron chi connectivity index (χ1n) is 8.52. The molecule has 1 aliphatic carbocycles. The molecule has 0 spiro atoms. The van der Waals surface area contributed by atoms with Crippen molar-refractivity contribution in [2.24, 2.45) is 0 Å². The highest BCUT2D eigenvalue weighted by Crippen LogP contribution is 2.36. The summed E-state index contributed by atoms with van der Waals surface area (Å²) in [6.45, 7) is 1.56. The number of nitrogens with one attached hydrogen (secondary N) is 1. The van der Waals surface area contributed by atoms with Gasteiger partial charge in [0.25, 0.3) is 0 Å². The number of rotatable bonds is 4. The van der Waals surface area contributed by atoms with Crippen LogP contribution >= 0.6 is 0 Å². The largest absolute Gasteiger partial charge is 0.493 e. The fourth-order valence-electron chi connectivity index (χ4n) is 3.60. The van der Waals surface area contributed by atoms with Gasteiger partial charge in [-0.1, -0.05) is 6.07 Å². The number of carbonyl (C=O) groups excluding carboxylic acids is 1. The van der Waals surface area contributed by atoms with Gasteiger partial charge in [-0.2, -0.15) is 0 Å². The van der Waals surface area contributed by atoms with Crippen LogP contribution in [0.15, 0.2) is 18.2 Å². The molecule has 0 radical (unpaired) electrons. The fraction of sp³-hybridized carbons (Fsp3) is 0.611. The molecule has 1 saturated carbocycles. The Morgan fingerprint density at radius 3 is 2.70 bits per heavy atom. The Balaban J connectivity index is 1.74. The molecule has 1 aromatic carbocycles. The lowest BCUT2D eigenvalue weighted by molar-refractivity contribution is 0.200. The summed E-state index contributed by atoms with van der Waals surface area (Å²) in [4.78, 5) is 13.6. The number of methoxy groups -OCH3 is 1. The third-order valence-electron chi connectivity index (χ3n) is 4.94. The molecule has 1 N–H and O–H groups in total. The van der Waals surface area contributed by atoms with E-state index in [1.165, 1.54) is 18.4 Å². The highest BCUT2D eigenvalue weighted by Gasteiger charge is 2.28. The van der Waals surface area contributed by atoms with Crippen molar-refractivity contribution >= 4 is 6.03 Å². The maximum absolute atomic E-state index is 11.8. The number of nitrogens with zero attached hydrogens (tertiary/aromatic N) is 1. The van der Waals surface area contributed by atoms with Crippen molar-refractivity contribution in [3.8, 4) is 11.5 Å². The van der Waals surface area contributed by atoms with E-state index in [-0.39, 0.29) is 6.03 Å². The highest BCUT2D eigenvalue weighted by molar-refractivity contribution is 5.74. The van der Waals surface area contributed by atoms with Crippen molar-refractivity contribution in [2.75, 3.05) is 27.2 Å². The van der Waals surface area contributed by atoms with Gasteiger partial charge >= 0.3 is 6.03 Å². The SMILES string of the molecule is CNC(=O)N1CCC(c2ccc(OC)c(OC3CCCC3)c2)C1. The molecule has 126 valence electrons. The number of hydrogen-bond donors (Lipinski definition) is 1. The quantitative estimate of drug-likeness (QED) is 0.928. The van der Waals surface area contributed by atoms with Crippen LogP contribution in [0.1, 0.15) is 43.6 Å². The van der Waals surface area contributed by atoms with Crippen LogP contribution in [0.4, 0.5) is 4.79 Å². The van der Waals surface area contributed by atoms with E-state index < -0.39 is 0 Å². The summed E-state index contributed by atoms with van der Waals surface area (Å²) in [5, 5.41) is 2.70. The Morgan fingerprint density at radius 2 is 2.00 bits per heavy atom. The summed E-state index contributed by atoms with van der Waals surface area (Å²) in [5.74, 6) is 2.00. The molecule has 2 aliphatic rings. The maximum Gasteiger partial charge on any atom is 0.317 e. The van der Waals surface area contributed by atoms with Gasteiger partial charge in [-0.25, -0.2) is 4.79 Å². The van der Waals surface area contributed by atoms with Crippen molar-refractivity contribution in [1.82, 2.24) is 10.2 Å². The zero-order valence-electron chi connectivity index (χ0n) is 14.0. The van der Waals surface area contributed by atoms with E-state index >= 15 is 0 Å². The number of amides is 2. The molecule has 1 saturated heterocycles. The highest BCUT2D eigenvalue weighted by atomic mass is 16.5. The van der Waals surface area contributed by atoms with Crippen molar-refractivity contribution in [3.63, 3.8) is 0 Å². The summed E-state index contributed by atoms with van der Waals surface area (Å²) in [6, 6.07) is 6.19. The minimum Gasteiger partial charge on any atom is -0.493 e. The Hall–Kier alpha value is -1.91. The van der Waals surface area contributed by atoms with Gasteiger partial charge in [0.15, 0.2) is 11.5 Å². The van der Waals surface area contributed by atoms with E-state index in [1.807, 2.05) is 11.0 Å². The number of urea groups is 1. The first-order chi connectivity index (χ1) is 11.2. The third kappa shape index (κ3) is 3.54. The lowest BCUT2D eigenvalue weighted by Gasteiger charge is -2.19. The summed E-state index contributed by atoms with van der Waals surface area (Å²) >= 11 is 0. The van der Waals surface area contributed by atoms with Crippen molar-refractivity contribution in [3.05, 3.63) is 23.8 Å². The lowest BCUT2D eigenvalue weighted by atomic mass is 9.98. The van der Waals surface area contributed by atoms with Crippen LogP contribution in [0.5, 0.6) is 11.5 Å². The minimum atomic E-state index is 0.00319. The lowest BCUT2D eigenvalue weighted by Crippen LogP contribution is -2.36. The fourth-order valence-corrected chi connectivity index (χ4v) is 3.60. The number of hydrogen-bond acceptors (Lipinski definition) is 3. The van der Waals surface area contributed by atoms with Gasteiger partial charge in [0.05, 0.1) is 13.2 Å². The number of ether oxygens (including phenoxy) is 2. The topological polar surface area (TPSA) is 50.8 Å². The van der Waals surface area contributed by atoms with Crippen LogP contribution < -0.4 is 14.8 Å². The molecule has 0 bridgehead atoms. The summed E-state index contributed by atoms with van der Waals surface area (Å²) in [5.41, 5.74) is 1.23.